The van der Waals surface area contributed by atoms with Crippen molar-refractivity contribution in [2.45, 2.75) is 19.3 Å². The summed E-state index contributed by atoms with van der Waals surface area (Å²) >= 11 is 0. The first-order valence-corrected chi connectivity index (χ1v) is 10.3. The molecule has 2 aromatic rings. The summed E-state index contributed by atoms with van der Waals surface area (Å²) in [6.45, 7) is 1.78. The van der Waals surface area contributed by atoms with Gasteiger partial charge in [-0.15, -0.1) is 0 Å². The van der Waals surface area contributed by atoms with Gasteiger partial charge < -0.3 is 24.4 Å². The highest BCUT2D eigenvalue weighted by Gasteiger charge is 2.11. The molecule has 0 radical (unpaired) electrons. The largest absolute Gasteiger partial charge is 0.493 e. The molecule has 2 aromatic carbocycles. The van der Waals surface area contributed by atoms with Crippen molar-refractivity contribution in [3.8, 4) is 11.5 Å². The number of piperidine rings is 1. The molecule has 1 aliphatic heterocycles. The number of rotatable bonds is 8. The Morgan fingerprint density at radius 3 is 2.35 bits per heavy atom. The molecular weight excluding hydrogens is 396 g/mol. The molecule has 31 heavy (non-hydrogen) atoms. The van der Waals surface area contributed by atoms with Crippen LogP contribution in [0.5, 0.6) is 11.5 Å². The summed E-state index contributed by atoms with van der Waals surface area (Å²) in [6.07, 6.45) is 6.56. The predicted molar refractivity (Wildman–Crippen MR) is 121 cm³/mol. The highest BCUT2D eigenvalue weighted by atomic mass is 16.5. The first kappa shape index (κ1) is 22.2. The van der Waals surface area contributed by atoms with E-state index in [9.17, 15) is 9.59 Å². The highest BCUT2D eigenvalue weighted by Crippen LogP contribution is 2.28. The summed E-state index contributed by atoms with van der Waals surface area (Å²) in [5.41, 5.74) is 2.57. The standard InChI is InChI=1S/C24H28N2O5/c1-29-21-12-6-18(16-22(21)30-2)7-13-24(28)31-17-23(27)25-19-8-10-20(11-9-19)26-14-4-3-5-15-26/h6-13,16H,3-5,14-15,17H2,1-2H3,(H,25,27)/b13-7+. The lowest BCUT2D eigenvalue weighted by Gasteiger charge is -2.28. The van der Waals surface area contributed by atoms with Crippen LogP contribution in [-0.4, -0.2) is 45.8 Å². The van der Waals surface area contributed by atoms with Gasteiger partial charge in [0.1, 0.15) is 0 Å². The Morgan fingerprint density at radius 2 is 1.68 bits per heavy atom. The van der Waals surface area contributed by atoms with Crippen LogP contribution in [-0.2, 0) is 14.3 Å². The average molecular weight is 424 g/mol. The SMILES string of the molecule is COc1ccc(/C=C/C(=O)OCC(=O)Nc2ccc(N3CCCCC3)cc2)cc1OC. The Hall–Kier alpha value is -3.48. The average Bonchev–Trinajstić information content (AvgIpc) is 2.82. The minimum Gasteiger partial charge on any atom is -0.493 e. The molecule has 7 heteroatoms. The van der Waals surface area contributed by atoms with Gasteiger partial charge in [-0.1, -0.05) is 6.07 Å². The summed E-state index contributed by atoms with van der Waals surface area (Å²) in [6, 6.07) is 13.0. The third kappa shape index (κ3) is 6.50. The monoisotopic (exact) mass is 424 g/mol. The summed E-state index contributed by atoms with van der Waals surface area (Å²) < 4.78 is 15.4. The molecule has 0 aliphatic carbocycles. The molecule has 1 fully saturated rings. The first-order valence-electron chi connectivity index (χ1n) is 10.3. The maximum atomic E-state index is 12.1. The van der Waals surface area contributed by atoms with Gasteiger partial charge in [-0.05, 0) is 67.3 Å². The minimum absolute atomic E-state index is 0.358. The van der Waals surface area contributed by atoms with Crippen LogP contribution in [0.4, 0.5) is 11.4 Å². The normalized spacial score (nSPS) is 13.7. The summed E-state index contributed by atoms with van der Waals surface area (Å²) in [5, 5.41) is 2.74. The number of amides is 1. The van der Waals surface area contributed by atoms with Crippen LogP contribution in [0.2, 0.25) is 0 Å². The molecule has 0 unspecified atom stereocenters. The lowest BCUT2D eigenvalue weighted by Crippen LogP contribution is -2.29. The molecule has 7 nitrogen and oxygen atoms in total. The molecule has 0 spiro atoms. The number of benzene rings is 2. The maximum absolute atomic E-state index is 12.1. The van der Waals surface area contributed by atoms with Crippen LogP contribution in [0.1, 0.15) is 24.8 Å². The molecule has 0 bridgehead atoms. The predicted octanol–water partition coefficient (Wildman–Crippen LogP) is 3.89. The smallest absolute Gasteiger partial charge is 0.331 e. The Morgan fingerprint density at radius 1 is 0.968 bits per heavy atom. The van der Waals surface area contributed by atoms with E-state index in [1.165, 1.54) is 25.3 Å². The van der Waals surface area contributed by atoms with Crippen molar-refractivity contribution in [2.24, 2.45) is 0 Å². The van der Waals surface area contributed by atoms with Crippen molar-refractivity contribution in [2.75, 3.05) is 44.1 Å². The Bertz CT molecular complexity index is 918. The lowest BCUT2D eigenvalue weighted by molar-refractivity contribution is -0.142. The highest BCUT2D eigenvalue weighted by molar-refractivity contribution is 5.94. The van der Waals surface area contributed by atoms with Crippen LogP contribution in [0, 0.1) is 0 Å². The number of ether oxygens (including phenoxy) is 3. The van der Waals surface area contributed by atoms with Crippen LogP contribution in [0.25, 0.3) is 6.08 Å². The molecule has 1 heterocycles. The van der Waals surface area contributed by atoms with Gasteiger partial charge in [0, 0.05) is 30.5 Å². The van der Waals surface area contributed by atoms with Gasteiger partial charge >= 0.3 is 5.97 Å². The molecule has 1 aliphatic rings. The van der Waals surface area contributed by atoms with Crippen molar-refractivity contribution in [3.05, 3.63) is 54.1 Å². The van der Waals surface area contributed by atoms with E-state index >= 15 is 0 Å². The van der Waals surface area contributed by atoms with E-state index in [1.54, 1.807) is 38.5 Å². The number of carbonyl (C=O) groups is 2. The van der Waals surface area contributed by atoms with Crippen molar-refractivity contribution >= 4 is 29.3 Å². The molecule has 1 amide bonds. The Balaban J connectivity index is 1.45. The Labute approximate surface area is 182 Å². The first-order chi connectivity index (χ1) is 15.1. The van der Waals surface area contributed by atoms with Crippen molar-refractivity contribution < 1.29 is 23.8 Å². The second-order valence-electron chi connectivity index (χ2n) is 7.20. The molecule has 0 saturated carbocycles. The quantitative estimate of drug-likeness (QED) is 0.512. The van der Waals surface area contributed by atoms with Gasteiger partial charge in [0.05, 0.1) is 14.2 Å². The van der Waals surface area contributed by atoms with Gasteiger partial charge in [-0.2, -0.15) is 0 Å². The van der Waals surface area contributed by atoms with E-state index in [0.717, 1.165) is 24.3 Å². The van der Waals surface area contributed by atoms with Crippen LogP contribution in [0.3, 0.4) is 0 Å². The van der Waals surface area contributed by atoms with Crippen LogP contribution >= 0.6 is 0 Å². The number of nitrogens with zero attached hydrogens (tertiary/aromatic N) is 1. The number of nitrogens with one attached hydrogen (secondary N) is 1. The fourth-order valence-electron chi connectivity index (χ4n) is 3.41. The number of methoxy groups -OCH3 is 2. The van der Waals surface area contributed by atoms with Gasteiger partial charge in [0.2, 0.25) is 0 Å². The zero-order valence-corrected chi connectivity index (χ0v) is 17.9. The van der Waals surface area contributed by atoms with E-state index < -0.39 is 11.9 Å². The van der Waals surface area contributed by atoms with Gasteiger partial charge in [0.15, 0.2) is 18.1 Å². The molecule has 0 atom stereocenters. The van der Waals surface area contributed by atoms with Gasteiger partial charge in [-0.3, -0.25) is 4.79 Å². The fraction of sp³-hybridized carbons (Fsp3) is 0.333. The summed E-state index contributed by atoms with van der Waals surface area (Å²) in [7, 11) is 3.10. The second-order valence-corrected chi connectivity index (χ2v) is 7.20. The zero-order chi connectivity index (χ0) is 22.1. The van der Waals surface area contributed by atoms with Crippen LogP contribution < -0.4 is 19.7 Å². The van der Waals surface area contributed by atoms with E-state index in [4.69, 9.17) is 14.2 Å². The molecule has 3 rings (SSSR count). The van der Waals surface area contributed by atoms with Crippen molar-refractivity contribution in [1.82, 2.24) is 0 Å². The number of carbonyl (C=O) groups excluding carboxylic acids is 2. The maximum Gasteiger partial charge on any atom is 0.331 e. The minimum atomic E-state index is -0.606. The topological polar surface area (TPSA) is 77.1 Å². The third-order valence-electron chi connectivity index (χ3n) is 5.04. The number of hydrogen-bond donors (Lipinski definition) is 1. The van der Waals surface area contributed by atoms with Crippen molar-refractivity contribution in [1.29, 1.82) is 0 Å². The molecule has 0 aromatic heterocycles. The molecule has 1 N–H and O–H groups in total. The molecular formula is C24H28N2O5. The second kappa shape index (κ2) is 11.1. The lowest BCUT2D eigenvalue weighted by atomic mass is 10.1. The van der Waals surface area contributed by atoms with E-state index in [0.29, 0.717) is 17.2 Å². The number of anilines is 2. The summed E-state index contributed by atoms with van der Waals surface area (Å²) in [4.78, 5) is 26.3. The number of esters is 1. The van der Waals surface area contributed by atoms with E-state index in [1.807, 2.05) is 24.3 Å². The number of hydrogen-bond acceptors (Lipinski definition) is 6. The van der Waals surface area contributed by atoms with E-state index in [2.05, 4.69) is 10.2 Å². The van der Waals surface area contributed by atoms with E-state index in [-0.39, 0.29) is 6.61 Å². The Kier molecular flexibility index (Phi) is 7.92. The van der Waals surface area contributed by atoms with Crippen LogP contribution in [0.15, 0.2) is 48.5 Å². The summed E-state index contributed by atoms with van der Waals surface area (Å²) in [5.74, 6) is 0.163. The molecule has 164 valence electrons. The fourth-order valence-corrected chi connectivity index (χ4v) is 3.41. The van der Waals surface area contributed by atoms with Gasteiger partial charge in [0.25, 0.3) is 5.91 Å². The van der Waals surface area contributed by atoms with Crippen molar-refractivity contribution in [3.63, 3.8) is 0 Å². The van der Waals surface area contributed by atoms with Gasteiger partial charge in [-0.25, -0.2) is 4.79 Å². The third-order valence-corrected chi connectivity index (χ3v) is 5.04. The molecule has 1 saturated heterocycles. The zero-order valence-electron chi connectivity index (χ0n) is 17.9.